The summed E-state index contributed by atoms with van der Waals surface area (Å²) in [6, 6.07) is -0.284. The fourth-order valence-electron chi connectivity index (χ4n) is 2.56. The number of rotatable bonds is 4. The molecule has 2 N–H and O–H groups in total. The maximum absolute atomic E-state index is 12.0. The number of carboxylic acids is 1. The quantitative estimate of drug-likeness (QED) is 0.761. The first-order chi connectivity index (χ1) is 8.84. The molecular formula is C14H22N2O3. The lowest BCUT2D eigenvalue weighted by atomic mass is 9.75. The largest absolute Gasteiger partial charge is 0.480 e. The van der Waals surface area contributed by atoms with Gasteiger partial charge in [-0.1, -0.05) is 26.2 Å². The van der Waals surface area contributed by atoms with Gasteiger partial charge in [0.05, 0.1) is 6.54 Å². The molecule has 1 fully saturated rings. The zero-order valence-electron chi connectivity index (χ0n) is 11.6. The molecule has 0 bridgehead atoms. The summed E-state index contributed by atoms with van der Waals surface area (Å²) in [6.07, 6.45) is 9.23. The van der Waals surface area contributed by atoms with Crippen LogP contribution in [0.5, 0.6) is 0 Å². The van der Waals surface area contributed by atoms with Crippen molar-refractivity contribution in [3.8, 4) is 12.3 Å². The van der Waals surface area contributed by atoms with Gasteiger partial charge in [-0.05, 0) is 24.7 Å². The van der Waals surface area contributed by atoms with Crippen molar-refractivity contribution in [1.29, 1.82) is 0 Å². The standard InChI is InChI=1S/C14H22N2O3/c1-4-8-16(10-12(17)18)13(19)15-11-6-5-7-14(2,3)9-11/h1,11H,5-10H2,2-3H3,(H,15,19)(H,17,18). The van der Waals surface area contributed by atoms with E-state index in [4.69, 9.17) is 11.5 Å². The first kappa shape index (κ1) is 15.4. The second-order valence-electron chi connectivity index (χ2n) is 5.86. The summed E-state index contributed by atoms with van der Waals surface area (Å²) in [5.41, 5.74) is 0.222. The van der Waals surface area contributed by atoms with Gasteiger partial charge >= 0.3 is 12.0 Å². The molecule has 0 aromatic rings. The average molecular weight is 266 g/mol. The van der Waals surface area contributed by atoms with Crippen molar-refractivity contribution in [1.82, 2.24) is 10.2 Å². The molecule has 19 heavy (non-hydrogen) atoms. The lowest BCUT2D eigenvalue weighted by molar-refractivity contribution is -0.137. The molecule has 1 atom stereocenters. The Morgan fingerprint density at radius 1 is 1.53 bits per heavy atom. The molecule has 1 unspecified atom stereocenters. The van der Waals surface area contributed by atoms with Crippen molar-refractivity contribution in [2.24, 2.45) is 5.41 Å². The van der Waals surface area contributed by atoms with Gasteiger partial charge < -0.3 is 15.3 Å². The minimum absolute atomic E-state index is 0.00818. The topological polar surface area (TPSA) is 69.6 Å². The van der Waals surface area contributed by atoms with Crippen LogP contribution in [0.4, 0.5) is 4.79 Å². The lowest BCUT2D eigenvalue weighted by Crippen LogP contribution is -2.48. The van der Waals surface area contributed by atoms with Gasteiger partial charge in [0.2, 0.25) is 0 Å². The predicted molar refractivity (Wildman–Crippen MR) is 72.6 cm³/mol. The van der Waals surface area contributed by atoms with Crippen molar-refractivity contribution in [2.75, 3.05) is 13.1 Å². The molecule has 5 nitrogen and oxygen atoms in total. The fourth-order valence-corrected chi connectivity index (χ4v) is 2.56. The van der Waals surface area contributed by atoms with Crippen LogP contribution in [-0.2, 0) is 4.79 Å². The maximum Gasteiger partial charge on any atom is 0.323 e. The normalized spacial score (nSPS) is 21.2. The van der Waals surface area contributed by atoms with E-state index in [1.54, 1.807) is 0 Å². The second kappa shape index (κ2) is 6.46. The minimum atomic E-state index is -1.06. The van der Waals surface area contributed by atoms with Crippen LogP contribution >= 0.6 is 0 Å². The number of urea groups is 1. The maximum atomic E-state index is 12.0. The van der Waals surface area contributed by atoms with E-state index >= 15 is 0 Å². The molecule has 0 aromatic heterocycles. The summed E-state index contributed by atoms with van der Waals surface area (Å²) in [7, 11) is 0. The van der Waals surface area contributed by atoms with Crippen molar-refractivity contribution >= 4 is 12.0 Å². The molecule has 1 rings (SSSR count). The number of aliphatic carboxylic acids is 1. The van der Waals surface area contributed by atoms with E-state index in [9.17, 15) is 9.59 Å². The molecule has 0 radical (unpaired) electrons. The number of carbonyl (C=O) groups excluding carboxylic acids is 1. The Morgan fingerprint density at radius 2 is 2.21 bits per heavy atom. The van der Waals surface area contributed by atoms with Crippen molar-refractivity contribution in [2.45, 2.75) is 45.6 Å². The zero-order valence-corrected chi connectivity index (χ0v) is 11.6. The highest BCUT2D eigenvalue weighted by Gasteiger charge is 2.29. The van der Waals surface area contributed by atoms with E-state index < -0.39 is 5.97 Å². The summed E-state index contributed by atoms with van der Waals surface area (Å²) in [5, 5.41) is 11.7. The van der Waals surface area contributed by atoms with E-state index in [1.165, 1.54) is 0 Å². The van der Waals surface area contributed by atoms with Crippen LogP contribution in [0.15, 0.2) is 0 Å². The van der Waals surface area contributed by atoms with Crippen LogP contribution in [0.2, 0.25) is 0 Å². The Morgan fingerprint density at radius 3 is 2.74 bits per heavy atom. The third-order valence-corrected chi connectivity index (χ3v) is 3.43. The van der Waals surface area contributed by atoms with E-state index in [-0.39, 0.29) is 30.6 Å². The number of nitrogens with zero attached hydrogens (tertiary/aromatic N) is 1. The number of hydrogen-bond acceptors (Lipinski definition) is 2. The summed E-state index contributed by atoms with van der Waals surface area (Å²) >= 11 is 0. The van der Waals surface area contributed by atoms with Gasteiger partial charge in [0.25, 0.3) is 0 Å². The number of amides is 2. The molecular weight excluding hydrogens is 244 g/mol. The molecule has 5 heteroatoms. The summed E-state index contributed by atoms with van der Waals surface area (Å²) in [6.45, 7) is 4.00. The van der Waals surface area contributed by atoms with Crippen molar-refractivity contribution < 1.29 is 14.7 Å². The monoisotopic (exact) mass is 266 g/mol. The second-order valence-corrected chi connectivity index (χ2v) is 5.86. The average Bonchev–Trinajstić information content (AvgIpc) is 2.26. The van der Waals surface area contributed by atoms with Gasteiger partial charge in [-0.25, -0.2) is 4.79 Å². The molecule has 1 saturated carbocycles. The van der Waals surface area contributed by atoms with Crippen LogP contribution < -0.4 is 5.32 Å². The van der Waals surface area contributed by atoms with Gasteiger partial charge in [-0.2, -0.15) is 0 Å². The van der Waals surface area contributed by atoms with E-state index in [0.717, 1.165) is 30.6 Å². The summed E-state index contributed by atoms with van der Waals surface area (Å²) in [5.74, 6) is 1.25. The highest BCUT2D eigenvalue weighted by atomic mass is 16.4. The summed E-state index contributed by atoms with van der Waals surface area (Å²) in [4.78, 5) is 23.8. The molecule has 2 amide bonds. The predicted octanol–water partition coefficient (Wildman–Crippen LogP) is 1.68. The molecule has 1 aliphatic rings. The fraction of sp³-hybridized carbons (Fsp3) is 0.714. The third-order valence-electron chi connectivity index (χ3n) is 3.43. The number of carbonyl (C=O) groups is 2. The van der Waals surface area contributed by atoms with E-state index in [2.05, 4.69) is 25.1 Å². The molecule has 106 valence electrons. The minimum Gasteiger partial charge on any atom is -0.480 e. The number of hydrogen-bond donors (Lipinski definition) is 2. The SMILES string of the molecule is C#CCN(CC(=O)O)C(=O)NC1CCCC(C)(C)C1. The highest BCUT2D eigenvalue weighted by Crippen LogP contribution is 2.35. The third kappa shape index (κ3) is 5.21. The van der Waals surface area contributed by atoms with Crippen molar-refractivity contribution in [3.05, 3.63) is 0 Å². The first-order valence-corrected chi connectivity index (χ1v) is 6.55. The molecule has 1 aliphatic carbocycles. The van der Waals surface area contributed by atoms with Crippen LogP contribution in [-0.4, -0.2) is 41.1 Å². The Balaban J connectivity index is 2.56. The number of terminal acetylenes is 1. The molecule has 0 heterocycles. The molecule has 0 spiro atoms. The van der Waals surface area contributed by atoms with Gasteiger partial charge in [0.15, 0.2) is 0 Å². The van der Waals surface area contributed by atoms with E-state index in [1.807, 2.05) is 0 Å². The summed E-state index contributed by atoms with van der Waals surface area (Å²) < 4.78 is 0. The first-order valence-electron chi connectivity index (χ1n) is 6.55. The Bertz CT molecular complexity index is 385. The smallest absolute Gasteiger partial charge is 0.323 e. The number of carboxylic acid groups (broad SMARTS) is 1. The van der Waals surface area contributed by atoms with Crippen LogP contribution in [0.3, 0.4) is 0 Å². The van der Waals surface area contributed by atoms with Gasteiger partial charge in [-0.15, -0.1) is 6.42 Å². The molecule has 0 aromatic carbocycles. The molecule has 0 aliphatic heterocycles. The highest BCUT2D eigenvalue weighted by molar-refractivity contribution is 5.80. The van der Waals surface area contributed by atoms with E-state index in [0.29, 0.717) is 0 Å². The van der Waals surface area contributed by atoms with Crippen LogP contribution in [0.25, 0.3) is 0 Å². The Kier molecular flexibility index (Phi) is 5.22. The van der Waals surface area contributed by atoms with Gasteiger partial charge in [-0.3, -0.25) is 4.79 Å². The lowest BCUT2D eigenvalue weighted by Gasteiger charge is -2.36. The van der Waals surface area contributed by atoms with Crippen LogP contribution in [0, 0.1) is 17.8 Å². The Hall–Kier alpha value is -1.70. The van der Waals surface area contributed by atoms with Gasteiger partial charge in [0.1, 0.15) is 6.54 Å². The molecule has 0 saturated heterocycles. The van der Waals surface area contributed by atoms with Crippen LogP contribution in [0.1, 0.15) is 39.5 Å². The van der Waals surface area contributed by atoms with Crippen molar-refractivity contribution in [3.63, 3.8) is 0 Å². The zero-order chi connectivity index (χ0) is 14.5. The Labute approximate surface area is 114 Å². The number of nitrogens with one attached hydrogen (secondary N) is 1. The van der Waals surface area contributed by atoms with Gasteiger partial charge in [0, 0.05) is 6.04 Å².